The number of carbonyl (C=O) groups excluding carboxylic acids is 1. The third kappa shape index (κ3) is 3.89. The summed E-state index contributed by atoms with van der Waals surface area (Å²) in [5, 5.41) is 11.0. The van der Waals surface area contributed by atoms with Crippen molar-refractivity contribution in [2.24, 2.45) is 0 Å². The molecule has 0 spiro atoms. The van der Waals surface area contributed by atoms with Gasteiger partial charge in [0.1, 0.15) is 12.4 Å². The predicted octanol–water partition coefficient (Wildman–Crippen LogP) is 4.40. The van der Waals surface area contributed by atoms with Gasteiger partial charge in [0.15, 0.2) is 5.78 Å². The summed E-state index contributed by atoms with van der Waals surface area (Å²) in [4.78, 5) is 21.5. The fraction of sp³-hybridized carbons (Fsp3) is 0.188. The molecule has 0 bridgehead atoms. The molecule has 8 heteroatoms. The predicted molar refractivity (Wildman–Crippen MR) is 78.9 cm³/mol. The molecule has 2 aromatic carbocycles. The Hall–Kier alpha value is -2.90. The normalized spacial score (nSPS) is 11.2. The summed E-state index contributed by atoms with van der Waals surface area (Å²) in [6.45, 7) is 0.771. The number of rotatable bonds is 5. The molecule has 0 aliphatic heterocycles. The Morgan fingerprint density at radius 3 is 2.33 bits per heavy atom. The standard InChI is InChI=1S/C16H12F3NO4/c1-10(21)12-7-13(16(17,18)19)15(8-14(12)20(22)23)24-9-11-5-3-2-4-6-11/h2-8H,9H2,1H3. The monoisotopic (exact) mass is 339 g/mol. The van der Waals surface area contributed by atoms with E-state index in [-0.39, 0.29) is 6.61 Å². The molecule has 0 aromatic heterocycles. The topological polar surface area (TPSA) is 69.4 Å². The molecule has 0 aliphatic rings. The van der Waals surface area contributed by atoms with Crippen LogP contribution in [0.4, 0.5) is 18.9 Å². The van der Waals surface area contributed by atoms with E-state index in [1.165, 1.54) is 0 Å². The molecule has 0 unspecified atom stereocenters. The van der Waals surface area contributed by atoms with Crippen LogP contribution in [-0.4, -0.2) is 10.7 Å². The van der Waals surface area contributed by atoms with Crippen LogP contribution in [-0.2, 0) is 12.8 Å². The van der Waals surface area contributed by atoms with Crippen LogP contribution in [0.2, 0.25) is 0 Å². The van der Waals surface area contributed by atoms with Gasteiger partial charge < -0.3 is 4.74 Å². The average Bonchev–Trinajstić information content (AvgIpc) is 2.51. The number of nitro benzene ring substituents is 1. The molecular formula is C16H12F3NO4. The number of hydrogen-bond acceptors (Lipinski definition) is 4. The first-order valence-corrected chi connectivity index (χ1v) is 6.77. The van der Waals surface area contributed by atoms with Gasteiger partial charge in [-0.1, -0.05) is 30.3 Å². The maximum atomic E-state index is 13.2. The second-order valence-electron chi connectivity index (χ2n) is 4.95. The lowest BCUT2D eigenvalue weighted by Crippen LogP contribution is -2.12. The molecule has 2 aromatic rings. The van der Waals surface area contributed by atoms with E-state index < -0.39 is 39.4 Å². The zero-order valence-corrected chi connectivity index (χ0v) is 12.5. The van der Waals surface area contributed by atoms with Crippen LogP contribution < -0.4 is 4.74 Å². The first kappa shape index (κ1) is 17.5. The number of halogens is 3. The van der Waals surface area contributed by atoms with Crippen molar-refractivity contribution in [2.75, 3.05) is 0 Å². The van der Waals surface area contributed by atoms with Crippen molar-refractivity contribution in [1.82, 2.24) is 0 Å². The molecule has 24 heavy (non-hydrogen) atoms. The number of nitro groups is 1. The molecular weight excluding hydrogens is 327 g/mol. The number of benzene rings is 2. The van der Waals surface area contributed by atoms with E-state index in [1.54, 1.807) is 30.3 Å². The summed E-state index contributed by atoms with van der Waals surface area (Å²) in [5.41, 5.74) is -1.96. The number of carbonyl (C=O) groups is 1. The molecule has 0 radical (unpaired) electrons. The highest BCUT2D eigenvalue weighted by Gasteiger charge is 2.37. The highest BCUT2D eigenvalue weighted by molar-refractivity contribution is 5.98. The zero-order chi connectivity index (χ0) is 17.9. The molecule has 0 saturated carbocycles. The molecule has 2 rings (SSSR count). The van der Waals surface area contributed by atoms with Gasteiger partial charge in [-0.15, -0.1) is 0 Å². The van der Waals surface area contributed by atoms with Gasteiger partial charge in [-0.3, -0.25) is 14.9 Å². The molecule has 0 N–H and O–H groups in total. The number of hydrogen-bond donors (Lipinski definition) is 0. The van der Waals surface area contributed by atoms with Crippen LogP contribution in [0.1, 0.15) is 28.4 Å². The minimum atomic E-state index is -4.81. The quantitative estimate of drug-likeness (QED) is 0.460. The van der Waals surface area contributed by atoms with Crippen molar-refractivity contribution in [3.63, 3.8) is 0 Å². The Morgan fingerprint density at radius 2 is 1.83 bits per heavy atom. The lowest BCUT2D eigenvalue weighted by molar-refractivity contribution is -0.385. The van der Waals surface area contributed by atoms with Crippen LogP contribution in [0.3, 0.4) is 0 Å². The van der Waals surface area contributed by atoms with E-state index in [4.69, 9.17) is 4.74 Å². The van der Waals surface area contributed by atoms with Gasteiger partial charge in [-0.2, -0.15) is 13.2 Å². The Morgan fingerprint density at radius 1 is 1.21 bits per heavy atom. The van der Waals surface area contributed by atoms with E-state index in [0.29, 0.717) is 17.7 Å². The van der Waals surface area contributed by atoms with Gasteiger partial charge in [-0.05, 0) is 18.6 Å². The van der Waals surface area contributed by atoms with Gasteiger partial charge in [0.2, 0.25) is 0 Å². The van der Waals surface area contributed by atoms with E-state index >= 15 is 0 Å². The molecule has 0 atom stereocenters. The van der Waals surface area contributed by atoms with Crippen molar-refractivity contribution in [2.45, 2.75) is 19.7 Å². The van der Waals surface area contributed by atoms with Gasteiger partial charge in [0.05, 0.1) is 22.1 Å². The molecule has 0 heterocycles. The molecule has 126 valence electrons. The van der Waals surface area contributed by atoms with E-state index in [9.17, 15) is 28.1 Å². The van der Waals surface area contributed by atoms with Crippen LogP contribution in [0.25, 0.3) is 0 Å². The van der Waals surface area contributed by atoms with E-state index in [0.717, 1.165) is 6.92 Å². The molecule has 0 saturated heterocycles. The Balaban J connectivity index is 2.49. The average molecular weight is 339 g/mol. The lowest BCUT2D eigenvalue weighted by Gasteiger charge is -2.15. The summed E-state index contributed by atoms with van der Waals surface area (Å²) in [5.74, 6) is -1.52. The Bertz CT molecular complexity index is 773. The van der Waals surface area contributed by atoms with Crippen molar-refractivity contribution >= 4 is 11.5 Å². The highest BCUT2D eigenvalue weighted by Crippen LogP contribution is 2.40. The van der Waals surface area contributed by atoms with Crippen molar-refractivity contribution < 1.29 is 27.6 Å². The molecule has 0 fully saturated rings. The highest BCUT2D eigenvalue weighted by atomic mass is 19.4. The number of alkyl halides is 3. The van der Waals surface area contributed by atoms with E-state index in [2.05, 4.69) is 0 Å². The maximum Gasteiger partial charge on any atom is 0.419 e. The lowest BCUT2D eigenvalue weighted by atomic mass is 10.0. The third-order valence-electron chi connectivity index (χ3n) is 3.22. The van der Waals surface area contributed by atoms with Crippen LogP contribution >= 0.6 is 0 Å². The SMILES string of the molecule is CC(=O)c1cc(C(F)(F)F)c(OCc2ccccc2)cc1[N+](=O)[O-]. The summed E-state index contributed by atoms with van der Waals surface area (Å²) in [6, 6.07) is 9.49. The van der Waals surface area contributed by atoms with Crippen LogP contribution in [0.5, 0.6) is 5.75 Å². The third-order valence-corrected chi connectivity index (χ3v) is 3.22. The second kappa shape index (κ2) is 6.69. The van der Waals surface area contributed by atoms with Crippen LogP contribution in [0.15, 0.2) is 42.5 Å². The first-order valence-electron chi connectivity index (χ1n) is 6.77. The number of ether oxygens (including phenoxy) is 1. The first-order chi connectivity index (χ1) is 11.2. The number of Topliss-reactive ketones (excluding diaryl/α,β-unsaturated/α-hetero) is 1. The Labute approximate surface area is 134 Å². The molecule has 0 aliphatic carbocycles. The number of ketones is 1. The van der Waals surface area contributed by atoms with Crippen molar-refractivity contribution in [3.05, 3.63) is 69.3 Å². The second-order valence-corrected chi connectivity index (χ2v) is 4.95. The van der Waals surface area contributed by atoms with Gasteiger partial charge in [0, 0.05) is 0 Å². The maximum absolute atomic E-state index is 13.2. The van der Waals surface area contributed by atoms with Crippen molar-refractivity contribution in [3.8, 4) is 5.75 Å². The summed E-state index contributed by atoms with van der Waals surface area (Å²) >= 11 is 0. The summed E-state index contributed by atoms with van der Waals surface area (Å²) in [6.07, 6.45) is -4.81. The summed E-state index contributed by atoms with van der Waals surface area (Å²) < 4.78 is 44.7. The van der Waals surface area contributed by atoms with E-state index in [1.807, 2.05) is 0 Å². The van der Waals surface area contributed by atoms with Gasteiger partial charge >= 0.3 is 6.18 Å². The fourth-order valence-electron chi connectivity index (χ4n) is 2.08. The largest absolute Gasteiger partial charge is 0.488 e. The minimum Gasteiger partial charge on any atom is -0.488 e. The van der Waals surface area contributed by atoms with Crippen molar-refractivity contribution in [1.29, 1.82) is 0 Å². The Kier molecular flexibility index (Phi) is 4.87. The summed E-state index contributed by atoms with van der Waals surface area (Å²) in [7, 11) is 0. The van der Waals surface area contributed by atoms with Gasteiger partial charge in [-0.25, -0.2) is 0 Å². The zero-order valence-electron chi connectivity index (χ0n) is 12.5. The smallest absolute Gasteiger partial charge is 0.419 e. The van der Waals surface area contributed by atoms with Crippen LogP contribution in [0, 0.1) is 10.1 Å². The minimum absolute atomic E-state index is 0.194. The fourth-order valence-corrected chi connectivity index (χ4v) is 2.08. The number of nitrogens with zero attached hydrogens (tertiary/aromatic N) is 1. The van der Waals surface area contributed by atoms with Gasteiger partial charge in [0.25, 0.3) is 5.69 Å². The molecule has 0 amide bonds. The molecule has 5 nitrogen and oxygen atoms in total.